The Kier molecular flexibility index (Phi) is 9.71. The molecule has 5 aliphatic rings. The van der Waals surface area contributed by atoms with Crippen molar-refractivity contribution in [1.82, 2.24) is 5.32 Å². The summed E-state index contributed by atoms with van der Waals surface area (Å²) in [5, 5.41) is 51.0. The molecule has 3 aliphatic carbocycles. The van der Waals surface area contributed by atoms with Crippen molar-refractivity contribution in [3.63, 3.8) is 0 Å². The summed E-state index contributed by atoms with van der Waals surface area (Å²) in [5.41, 5.74) is 1.50. The molecule has 6 rings (SSSR count). The normalized spacial score (nSPS) is 34.3. The molecule has 1 amide bonds. The van der Waals surface area contributed by atoms with Crippen molar-refractivity contribution < 1.29 is 58.8 Å². The van der Waals surface area contributed by atoms with Gasteiger partial charge in [0.15, 0.2) is 12.1 Å². The quantitative estimate of drug-likeness (QED) is 0.166. The third-order valence-corrected chi connectivity index (χ3v) is 9.02. The first-order valence-electron chi connectivity index (χ1n) is 15.6. The van der Waals surface area contributed by atoms with Crippen LogP contribution in [0, 0.1) is 11.8 Å². The molecule has 2 saturated heterocycles. The maximum absolute atomic E-state index is 13.3. The lowest BCUT2D eigenvalue weighted by atomic mass is 9.91. The molecule has 0 radical (unpaired) electrons. The topological polar surface area (TPSA) is 193 Å². The Labute approximate surface area is 260 Å². The highest BCUT2D eigenvalue weighted by Gasteiger charge is 2.64. The number of nitrogens with one attached hydrogen (secondary N) is 1. The molecule has 246 valence electrons. The van der Waals surface area contributed by atoms with Crippen molar-refractivity contribution in [2.24, 2.45) is 11.8 Å². The van der Waals surface area contributed by atoms with E-state index in [9.17, 15) is 30.0 Å². The van der Waals surface area contributed by atoms with Gasteiger partial charge in [0.1, 0.15) is 42.7 Å². The maximum Gasteiger partial charge on any atom is 0.338 e. The Bertz CT molecular complexity index is 1260. The van der Waals surface area contributed by atoms with Crippen molar-refractivity contribution in [1.29, 1.82) is 0 Å². The monoisotopic (exact) mass is 631 g/mol. The fourth-order valence-electron chi connectivity index (χ4n) is 6.33. The predicted molar refractivity (Wildman–Crippen MR) is 155 cm³/mol. The number of carbonyl (C=O) groups excluding carboxylic acids is 2. The molecule has 0 unspecified atom stereocenters. The smallest absolute Gasteiger partial charge is 0.338 e. The van der Waals surface area contributed by atoms with Crippen LogP contribution >= 0.6 is 0 Å². The summed E-state index contributed by atoms with van der Waals surface area (Å²) in [6, 6.07) is 6.68. The van der Waals surface area contributed by atoms with Crippen LogP contribution in [0.1, 0.15) is 48.0 Å². The summed E-state index contributed by atoms with van der Waals surface area (Å²) in [6.45, 7) is -0.617. The van der Waals surface area contributed by atoms with Crippen LogP contribution in [0.5, 0.6) is 0 Å². The van der Waals surface area contributed by atoms with E-state index in [2.05, 4.69) is 5.32 Å². The summed E-state index contributed by atoms with van der Waals surface area (Å²) in [7, 11) is 0. The van der Waals surface area contributed by atoms with Gasteiger partial charge in [0.25, 0.3) is 0 Å². The highest BCUT2D eigenvalue weighted by molar-refractivity contribution is 5.94. The van der Waals surface area contributed by atoms with Gasteiger partial charge in [-0.15, -0.1) is 0 Å². The van der Waals surface area contributed by atoms with Crippen LogP contribution in [-0.2, 0) is 28.5 Å². The third-order valence-electron chi connectivity index (χ3n) is 9.02. The number of hydrogen-bond donors (Lipinski definition) is 6. The fraction of sp³-hybridized carbons (Fsp3) is 0.625. The maximum atomic E-state index is 13.3. The molecule has 2 saturated carbocycles. The summed E-state index contributed by atoms with van der Waals surface area (Å²) in [5.74, 6) is -0.996. The lowest BCUT2D eigenvalue weighted by Gasteiger charge is -2.39. The zero-order valence-corrected chi connectivity index (χ0v) is 24.8. The van der Waals surface area contributed by atoms with E-state index in [-0.39, 0.29) is 32.1 Å². The van der Waals surface area contributed by atoms with E-state index in [0.717, 1.165) is 31.2 Å². The molecule has 2 heterocycles. The van der Waals surface area contributed by atoms with Crippen molar-refractivity contribution in [3.05, 3.63) is 53.1 Å². The van der Waals surface area contributed by atoms with Gasteiger partial charge in [-0.2, -0.15) is 0 Å². The summed E-state index contributed by atoms with van der Waals surface area (Å²) in [4.78, 5) is 26.1. The average Bonchev–Trinajstić information content (AvgIpc) is 3.99. The minimum atomic E-state index is -1.52. The van der Waals surface area contributed by atoms with Gasteiger partial charge in [-0.25, -0.2) is 4.79 Å². The van der Waals surface area contributed by atoms with Gasteiger partial charge in [-0.3, -0.25) is 4.79 Å². The predicted octanol–water partition coefficient (Wildman–Crippen LogP) is -0.219. The summed E-state index contributed by atoms with van der Waals surface area (Å²) >= 11 is 0. The lowest BCUT2D eigenvalue weighted by molar-refractivity contribution is -0.298. The van der Waals surface area contributed by atoms with E-state index in [1.807, 2.05) is 0 Å². The number of rotatable bonds is 12. The molecule has 1 aromatic carbocycles. The van der Waals surface area contributed by atoms with Gasteiger partial charge in [-0.05, 0) is 49.5 Å². The SMILES string of the molecule is O=C(NCCO)C1=C[C@H]2OC(C3CC3)(C3CC3)O[C@H]2[C@H](OC(=O)c2ccc(C=CCO[C@H]3O[C@H](CO)[C@H](O)[C@H](O)[C@H]3O)cc2)C1. The minimum absolute atomic E-state index is 0.00370. The van der Waals surface area contributed by atoms with Gasteiger partial charge in [0, 0.05) is 30.4 Å². The van der Waals surface area contributed by atoms with Crippen LogP contribution in [0.25, 0.3) is 6.08 Å². The molecule has 8 atom stereocenters. The standard InChI is InChI=1S/C32H41NO12/c34-12-11-33-29(39)19-14-22(28-23(15-19)44-32(45-28,20-7-8-20)21-9-10-21)42-30(40)18-5-3-17(4-6-18)2-1-13-41-31-27(38)26(37)25(36)24(16-35)43-31/h1-6,15,20-28,31,34-38H,7-14,16H2,(H,33,39)/t22-,23-,24-,25+,26+,27-,28+,31+/m1/s1. The molecular formula is C32H41NO12. The van der Waals surface area contributed by atoms with Gasteiger partial charge in [-0.1, -0.05) is 24.3 Å². The summed E-state index contributed by atoms with van der Waals surface area (Å²) in [6.07, 6.45) is 0.864. The number of carbonyl (C=O) groups is 2. The number of esters is 1. The Hall–Kier alpha value is -2.72. The zero-order valence-electron chi connectivity index (χ0n) is 24.8. The molecule has 0 aromatic heterocycles. The first-order chi connectivity index (χ1) is 21.7. The second-order valence-corrected chi connectivity index (χ2v) is 12.3. The molecule has 1 aromatic rings. The molecule has 13 nitrogen and oxygen atoms in total. The van der Waals surface area contributed by atoms with Crippen LogP contribution < -0.4 is 5.32 Å². The van der Waals surface area contributed by atoms with E-state index < -0.39 is 67.4 Å². The number of aliphatic hydroxyl groups excluding tert-OH is 5. The number of fused-ring (bicyclic) bond motifs is 1. The molecule has 4 fully saturated rings. The molecule has 0 bridgehead atoms. The Morgan fingerprint density at radius 2 is 1.69 bits per heavy atom. The minimum Gasteiger partial charge on any atom is -0.456 e. The molecule has 45 heavy (non-hydrogen) atoms. The van der Waals surface area contributed by atoms with Crippen LogP contribution in [0.15, 0.2) is 42.0 Å². The van der Waals surface area contributed by atoms with E-state index in [1.165, 1.54) is 0 Å². The molecule has 2 aliphatic heterocycles. The van der Waals surface area contributed by atoms with E-state index in [0.29, 0.717) is 23.0 Å². The average molecular weight is 632 g/mol. The number of amides is 1. The van der Waals surface area contributed by atoms with Gasteiger partial charge in [0.2, 0.25) is 5.91 Å². The third kappa shape index (κ3) is 6.87. The molecule has 0 spiro atoms. The van der Waals surface area contributed by atoms with E-state index in [4.69, 9.17) is 28.8 Å². The van der Waals surface area contributed by atoms with Gasteiger partial charge < -0.3 is 54.5 Å². The number of aliphatic hydroxyl groups is 5. The van der Waals surface area contributed by atoms with Crippen molar-refractivity contribution in [2.75, 3.05) is 26.4 Å². The highest BCUT2D eigenvalue weighted by Crippen LogP contribution is 2.59. The van der Waals surface area contributed by atoms with Crippen molar-refractivity contribution in [3.8, 4) is 0 Å². The second-order valence-electron chi connectivity index (χ2n) is 12.3. The first kappa shape index (κ1) is 32.2. The fourth-order valence-corrected chi connectivity index (χ4v) is 6.33. The number of benzene rings is 1. The Morgan fingerprint density at radius 3 is 2.33 bits per heavy atom. The lowest BCUT2D eigenvalue weighted by Crippen LogP contribution is -2.59. The second kappa shape index (κ2) is 13.6. The first-order valence-corrected chi connectivity index (χ1v) is 15.6. The van der Waals surface area contributed by atoms with Crippen LogP contribution in [0.2, 0.25) is 0 Å². The van der Waals surface area contributed by atoms with Crippen LogP contribution in [0.4, 0.5) is 0 Å². The van der Waals surface area contributed by atoms with Gasteiger partial charge >= 0.3 is 5.97 Å². The number of hydrogen-bond acceptors (Lipinski definition) is 12. The largest absolute Gasteiger partial charge is 0.456 e. The van der Waals surface area contributed by atoms with E-state index in [1.54, 1.807) is 42.5 Å². The molecular weight excluding hydrogens is 590 g/mol. The molecule has 6 N–H and O–H groups in total. The van der Waals surface area contributed by atoms with Crippen molar-refractivity contribution >= 4 is 18.0 Å². The Morgan fingerprint density at radius 1 is 0.978 bits per heavy atom. The number of ether oxygens (including phenoxy) is 5. The Balaban J connectivity index is 1.07. The van der Waals surface area contributed by atoms with Crippen LogP contribution in [0.3, 0.4) is 0 Å². The zero-order chi connectivity index (χ0) is 31.7. The van der Waals surface area contributed by atoms with Crippen molar-refractivity contribution in [2.45, 2.75) is 86.9 Å². The summed E-state index contributed by atoms with van der Waals surface area (Å²) < 4.78 is 29.9. The molecule has 13 heteroatoms. The van der Waals surface area contributed by atoms with Gasteiger partial charge in [0.05, 0.1) is 25.4 Å². The van der Waals surface area contributed by atoms with Crippen LogP contribution in [-0.4, -0.2) is 119 Å². The highest BCUT2D eigenvalue weighted by atomic mass is 16.8. The van der Waals surface area contributed by atoms with E-state index >= 15 is 0 Å².